The molecule has 2 amide bonds. The zero-order valence-corrected chi connectivity index (χ0v) is 12.3. The van der Waals surface area contributed by atoms with Crippen LogP contribution in [0.15, 0.2) is 24.3 Å². The highest BCUT2D eigenvalue weighted by Gasteiger charge is 2.38. The average Bonchev–Trinajstić information content (AvgIpc) is 3.01. The molecular weight excluding hydrogens is 322 g/mol. The Kier molecular flexibility index (Phi) is 3.95. The van der Waals surface area contributed by atoms with Gasteiger partial charge in [0.1, 0.15) is 6.23 Å². The molecule has 2 aromatic rings. The minimum Gasteiger partial charge on any atom is -0.372 e. The van der Waals surface area contributed by atoms with Crippen LogP contribution in [0.5, 0.6) is 0 Å². The molecular formula is C12H11N7O3S. The van der Waals surface area contributed by atoms with Gasteiger partial charge < -0.3 is 21.1 Å². The molecule has 118 valence electrons. The van der Waals surface area contributed by atoms with Crippen LogP contribution in [0, 0.1) is 5.92 Å². The van der Waals surface area contributed by atoms with Crippen LogP contribution >= 0.6 is 12.2 Å². The standard InChI is InChI=1S/C12H11N7O3S/c20-9(7-10(21)14-12(23)15-11(7)22)13-6-3-1-5(2-4-6)8-16-18-19-17-8/h1-4,7,10,21H,(H,13,20)(H2,14,15,22,23)(H,16,17,18,19). The van der Waals surface area contributed by atoms with E-state index >= 15 is 0 Å². The zero-order valence-electron chi connectivity index (χ0n) is 11.5. The van der Waals surface area contributed by atoms with Gasteiger partial charge in [0, 0.05) is 11.3 Å². The van der Waals surface area contributed by atoms with Gasteiger partial charge >= 0.3 is 0 Å². The highest BCUT2D eigenvalue weighted by Crippen LogP contribution is 2.18. The number of nitrogens with one attached hydrogen (secondary N) is 4. The van der Waals surface area contributed by atoms with Crippen molar-refractivity contribution in [2.75, 3.05) is 5.32 Å². The summed E-state index contributed by atoms with van der Waals surface area (Å²) in [5.74, 6) is -2.21. The van der Waals surface area contributed by atoms with Crippen LogP contribution in [0.3, 0.4) is 0 Å². The number of carbonyl (C=O) groups is 2. The lowest BCUT2D eigenvalue weighted by Gasteiger charge is -2.28. The first-order valence-corrected chi connectivity index (χ1v) is 6.89. The van der Waals surface area contributed by atoms with Crippen molar-refractivity contribution in [1.29, 1.82) is 0 Å². The van der Waals surface area contributed by atoms with Crippen molar-refractivity contribution in [3.63, 3.8) is 0 Å². The molecule has 0 radical (unpaired) electrons. The van der Waals surface area contributed by atoms with Crippen LogP contribution in [-0.2, 0) is 9.59 Å². The minimum atomic E-state index is -1.38. The van der Waals surface area contributed by atoms with Crippen molar-refractivity contribution < 1.29 is 14.7 Å². The fourth-order valence-corrected chi connectivity index (χ4v) is 2.28. The Morgan fingerprint density at radius 2 is 2.04 bits per heavy atom. The number of anilines is 1. The van der Waals surface area contributed by atoms with Crippen molar-refractivity contribution in [2.24, 2.45) is 5.92 Å². The van der Waals surface area contributed by atoms with Crippen LogP contribution in [0.2, 0.25) is 0 Å². The van der Waals surface area contributed by atoms with E-state index in [0.29, 0.717) is 17.1 Å². The molecule has 11 heteroatoms. The molecule has 1 saturated heterocycles. The summed E-state index contributed by atoms with van der Waals surface area (Å²) in [6.45, 7) is 0. The van der Waals surface area contributed by atoms with Crippen molar-refractivity contribution in [3.8, 4) is 11.4 Å². The van der Waals surface area contributed by atoms with Crippen molar-refractivity contribution in [3.05, 3.63) is 24.3 Å². The quantitative estimate of drug-likeness (QED) is 0.346. The molecule has 2 heterocycles. The van der Waals surface area contributed by atoms with Crippen LogP contribution in [-0.4, -0.2) is 48.9 Å². The molecule has 3 rings (SSSR count). The van der Waals surface area contributed by atoms with Gasteiger partial charge in [0.05, 0.1) is 0 Å². The molecule has 2 unspecified atom stereocenters. The highest BCUT2D eigenvalue weighted by atomic mass is 32.1. The molecule has 5 N–H and O–H groups in total. The van der Waals surface area contributed by atoms with E-state index in [2.05, 4.69) is 36.6 Å². The van der Waals surface area contributed by atoms with Gasteiger partial charge in [-0.2, -0.15) is 5.21 Å². The lowest BCUT2D eigenvalue weighted by atomic mass is 10.0. The fraction of sp³-hybridized carbons (Fsp3) is 0.167. The molecule has 0 bridgehead atoms. The van der Waals surface area contributed by atoms with Crippen LogP contribution in [0.4, 0.5) is 5.69 Å². The maximum Gasteiger partial charge on any atom is 0.243 e. The lowest BCUT2D eigenvalue weighted by molar-refractivity contribution is -0.137. The van der Waals surface area contributed by atoms with Gasteiger partial charge in [-0.15, -0.1) is 10.2 Å². The predicted molar refractivity (Wildman–Crippen MR) is 81.6 cm³/mol. The largest absolute Gasteiger partial charge is 0.372 e. The molecule has 2 atom stereocenters. The normalized spacial score (nSPS) is 20.6. The van der Waals surface area contributed by atoms with E-state index in [9.17, 15) is 14.7 Å². The zero-order chi connectivity index (χ0) is 16.4. The molecule has 0 saturated carbocycles. The lowest BCUT2D eigenvalue weighted by Crippen LogP contribution is -2.61. The summed E-state index contributed by atoms with van der Waals surface area (Å²) in [7, 11) is 0. The van der Waals surface area contributed by atoms with E-state index in [4.69, 9.17) is 12.2 Å². The summed E-state index contributed by atoms with van der Waals surface area (Å²) in [5.41, 5.74) is 1.16. The Balaban J connectivity index is 1.70. The van der Waals surface area contributed by atoms with Gasteiger partial charge in [0.2, 0.25) is 17.6 Å². The van der Waals surface area contributed by atoms with E-state index < -0.39 is 24.0 Å². The number of thiocarbonyl (C=S) groups is 1. The van der Waals surface area contributed by atoms with Crippen LogP contribution in [0.1, 0.15) is 0 Å². The third-order valence-electron chi connectivity index (χ3n) is 3.15. The van der Waals surface area contributed by atoms with Crippen molar-refractivity contribution in [2.45, 2.75) is 6.23 Å². The van der Waals surface area contributed by atoms with Gasteiger partial charge in [-0.05, 0) is 41.7 Å². The number of aromatic nitrogens is 4. The summed E-state index contributed by atoms with van der Waals surface area (Å²) in [6, 6.07) is 6.61. The number of rotatable bonds is 3. The number of benzene rings is 1. The first kappa shape index (κ1) is 15.0. The Bertz CT molecular complexity index is 747. The number of tetrazole rings is 1. The molecule has 0 aliphatic carbocycles. The van der Waals surface area contributed by atoms with Gasteiger partial charge in [-0.1, -0.05) is 0 Å². The molecule has 1 aromatic heterocycles. The Labute approximate surface area is 134 Å². The third kappa shape index (κ3) is 3.14. The maximum atomic E-state index is 12.2. The van der Waals surface area contributed by atoms with Gasteiger partial charge in [-0.25, -0.2) is 0 Å². The number of aliphatic hydroxyl groups is 1. The summed E-state index contributed by atoms with van der Waals surface area (Å²) < 4.78 is 0. The maximum absolute atomic E-state index is 12.2. The van der Waals surface area contributed by atoms with Gasteiger partial charge in [0.15, 0.2) is 11.0 Å². The Morgan fingerprint density at radius 1 is 1.30 bits per heavy atom. The molecule has 1 aliphatic rings. The predicted octanol–water partition coefficient (Wildman–Crippen LogP) is -1.26. The smallest absolute Gasteiger partial charge is 0.243 e. The number of aromatic amines is 1. The minimum absolute atomic E-state index is 0.0176. The van der Waals surface area contributed by atoms with Crippen LogP contribution < -0.4 is 16.0 Å². The monoisotopic (exact) mass is 333 g/mol. The number of amides is 2. The Morgan fingerprint density at radius 3 is 2.65 bits per heavy atom. The number of hydrogen-bond donors (Lipinski definition) is 5. The number of aliphatic hydroxyl groups excluding tert-OH is 1. The summed E-state index contributed by atoms with van der Waals surface area (Å²) >= 11 is 4.73. The van der Waals surface area contributed by atoms with E-state index in [0.717, 1.165) is 0 Å². The van der Waals surface area contributed by atoms with E-state index in [1.165, 1.54) is 0 Å². The van der Waals surface area contributed by atoms with Gasteiger partial charge in [0.25, 0.3) is 0 Å². The highest BCUT2D eigenvalue weighted by molar-refractivity contribution is 7.80. The van der Waals surface area contributed by atoms with Crippen molar-refractivity contribution in [1.82, 2.24) is 31.3 Å². The second-order valence-corrected chi connectivity index (χ2v) is 5.10. The molecule has 0 spiro atoms. The second-order valence-electron chi connectivity index (χ2n) is 4.69. The van der Waals surface area contributed by atoms with Crippen LogP contribution in [0.25, 0.3) is 11.4 Å². The molecule has 1 aliphatic heterocycles. The Hall–Kier alpha value is -2.92. The second kappa shape index (κ2) is 6.06. The summed E-state index contributed by atoms with van der Waals surface area (Å²) in [5, 5.41) is 30.5. The van der Waals surface area contributed by atoms with E-state index in [1.807, 2.05) is 0 Å². The number of hydrogen-bond acceptors (Lipinski definition) is 7. The van der Waals surface area contributed by atoms with E-state index in [1.54, 1.807) is 24.3 Å². The molecule has 10 nitrogen and oxygen atoms in total. The average molecular weight is 333 g/mol. The molecule has 1 fully saturated rings. The number of H-pyrrole nitrogens is 1. The summed E-state index contributed by atoms with van der Waals surface area (Å²) in [6.07, 6.45) is -1.38. The first-order valence-electron chi connectivity index (χ1n) is 6.49. The van der Waals surface area contributed by atoms with Gasteiger partial charge in [-0.3, -0.25) is 9.59 Å². The fourth-order valence-electron chi connectivity index (χ4n) is 2.06. The molecule has 1 aromatic carbocycles. The van der Waals surface area contributed by atoms with E-state index in [-0.39, 0.29) is 5.11 Å². The SMILES string of the molecule is O=C1NC(=S)NC(O)C1C(=O)Nc1ccc(-c2nn[nH]n2)cc1. The topological polar surface area (TPSA) is 145 Å². The molecule has 23 heavy (non-hydrogen) atoms. The summed E-state index contributed by atoms with van der Waals surface area (Å²) in [4.78, 5) is 23.9. The third-order valence-corrected chi connectivity index (χ3v) is 3.37. The first-order chi connectivity index (χ1) is 11.0. The number of carbonyl (C=O) groups excluding carboxylic acids is 2. The van der Waals surface area contributed by atoms with Crippen molar-refractivity contribution >= 4 is 34.8 Å². The number of nitrogens with zero attached hydrogens (tertiary/aromatic N) is 3.